The minimum absolute atomic E-state index is 0.224. The summed E-state index contributed by atoms with van der Waals surface area (Å²) in [6.45, 7) is 1.55. The highest BCUT2D eigenvalue weighted by Crippen LogP contribution is 2.18. The first-order valence-electron chi connectivity index (χ1n) is 8.83. The Hall–Kier alpha value is -3.22. The van der Waals surface area contributed by atoms with E-state index in [1.165, 1.54) is 6.92 Å². The number of nitrogens with zero attached hydrogens (tertiary/aromatic N) is 1. The standard InChI is InChI=1S/C16H25N5O8/c1-7(15(27)21-4-2-3-10(21)16(28)29)19-14(26)9(6-11(18)22)20-13(25)8(17)5-12(23)24/h7-10H,2-6,17H2,1H3,(H2,18,22)(H,19,26)(H,20,25)(H,23,24)(H,28,29). The van der Waals surface area contributed by atoms with Crippen LogP contribution >= 0.6 is 0 Å². The second kappa shape index (κ2) is 10.4. The summed E-state index contributed by atoms with van der Waals surface area (Å²) < 4.78 is 0. The van der Waals surface area contributed by atoms with Crippen LogP contribution in [0.4, 0.5) is 0 Å². The maximum atomic E-state index is 12.5. The van der Waals surface area contributed by atoms with Crippen LogP contribution in [0.3, 0.4) is 0 Å². The van der Waals surface area contributed by atoms with Gasteiger partial charge in [-0.25, -0.2) is 4.79 Å². The van der Waals surface area contributed by atoms with Gasteiger partial charge in [0.1, 0.15) is 18.1 Å². The van der Waals surface area contributed by atoms with Crippen molar-refractivity contribution in [3.63, 3.8) is 0 Å². The van der Waals surface area contributed by atoms with E-state index in [9.17, 15) is 28.8 Å². The van der Waals surface area contributed by atoms with E-state index in [2.05, 4.69) is 10.6 Å². The lowest BCUT2D eigenvalue weighted by Gasteiger charge is -2.26. The number of carbonyl (C=O) groups excluding carboxylic acids is 4. The molecule has 0 bridgehead atoms. The molecule has 1 rings (SSSR count). The quantitative estimate of drug-likeness (QED) is 0.210. The summed E-state index contributed by atoms with van der Waals surface area (Å²) in [5.74, 6) is -5.96. The Labute approximate surface area is 165 Å². The van der Waals surface area contributed by atoms with Crippen LogP contribution in [-0.2, 0) is 28.8 Å². The van der Waals surface area contributed by atoms with Gasteiger partial charge in [-0.15, -0.1) is 0 Å². The minimum atomic E-state index is -1.48. The van der Waals surface area contributed by atoms with E-state index in [-0.39, 0.29) is 6.54 Å². The molecule has 1 fully saturated rings. The zero-order valence-corrected chi connectivity index (χ0v) is 15.8. The summed E-state index contributed by atoms with van der Waals surface area (Å²) in [4.78, 5) is 71.1. The summed E-state index contributed by atoms with van der Waals surface area (Å²) >= 11 is 0. The molecule has 4 atom stereocenters. The number of primary amides is 1. The van der Waals surface area contributed by atoms with Crippen LogP contribution in [0.5, 0.6) is 0 Å². The van der Waals surface area contributed by atoms with Gasteiger partial charge in [0.25, 0.3) is 0 Å². The summed E-state index contributed by atoms with van der Waals surface area (Å²) in [6, 6.07) is -5.07. The van der Waals surface area contributed by atoms with Crippen molar-refractivity contribution in [1.82, 2.24) is 15.5 Å². The summed E-state index contributed by atoms with van der Waals surface area (Å²) in [6.07, 6.45) is -0.508. The summed E-state index contributed by atoms with van der Waals surface area (Å²) in [7, 11) is 0. The number of hydrogen-bond donors (Lipinski definition) is 6. The van der Waals surface area contributed by atoms with Crippen molar-refractivity contribution in [2.75, 3.05) is 6.54 Å². The average molecular weight is 415 g/mol. The number of aliphatic carboxylic acids is 2. The highest BCUT2D eigenvalue weighted by atomic mass is 16.4. The molecule has 4 unspecified atom stereocenters. The molecule has 1 heterocycles. The Morgan fingerprint density at radius 1 is 1.07 bits per heavy atom. The first-order valence-corrected chi connectivity index (χ1v) is 8.83. The van der Waals surface area contributed by atoms with Crippen LogP contribution in [0.2, 0.25) is 0 Å². The monoisotopic (exact) mass is 415 g/mol. The predicted molar refractivity (Wildman–Crippen MR) is 95.9 cm³/mol. The maximum absolute atomic E-state index is 12.5. The molecular weight excluding hydrogens is 390 g/mol. The van der Waals surface area contributed by atoms with E-state index < -0.39 is 72.6 Å². The van der Waals surface area contributed by atoms with Crippen molar-refractivity contribution in [1.29, 1.82) is 0 Å². The lowest BCUT2D eigenvalue weighted by molar-refractivity contribution is -0.149. The molecule has 1 aliphatic heterocycles. The first-order chi connectivity index (χ1) is 13.4. The number of carbonyl (C=O) groups is 6. The molecule has 13 nitrogen and oxygen atoms in total. The Kier molecular flexibility index (Phi) is 8.51. The minimum Gasteiger partial charge on any atom is -0.481 e. The van der Waals surface area contributed by atoms with Crippen molar-refractivity contribution < 1.29 is 39.0 Å². The molecule has 0 aliphatic carbocycles. The highest BCUT2D eigenvalue weighted by Gasteiger charge is 2.37. The summed E-state index contributed by atoms with van der Waals surface area (Å²) in [5.41, 5.74) is 10.5. The number of carboxylic acids is 2. The van der Waals surface area contributed by atoms with Crippen molar-refractivity contribution in [2.45, 2.75) is 56.8 Å². The zero-order valence-electron chi connectivity index (χ0n) is 15.8. The molecule has 0 saturated carbocycles. The van der Waals surface area contributed by atoms with Gasteiger partial charge in [0, 0.05) is 6.54 Å². The van der Waals surface area contributed by atoms with Gasteiger partial charge >= 0.3 is 11.9 Å². The maximum Gasteiger partial charge on any atom is 0.326 e. The van der Waals surface area contributed by atoms with Gasteiger partial charge in [-0.3, -0.25) is 24.0 Å². The molecule has 0 aromatic heterocycles. The Morgan fingerprint density at radius 2 is 1.69 bits per heavy atom. The van der Waals surface area contributed by atoms with Gasteiger partial charge in [-0.1, -0.05) is 0 Å². The van der Waals surface area contributed by atoms with Crippen LogP contribution in [0.25, 0.3) is 0 Å². The smallest absolute Gasteiger partial charge is 0.326 e. The average Bonchev–Trinajstić information content (AvgIpc) is 3.09. The van der Waals surface area contributed by atoms with Gasteiger partial charge < -0.3 is 37.2 Å². The SMILES string of the molecule is CC(NC(=O)C(CC(N)=O)NC(=O)C(N)CC(=O)O)C(=O)N1CCCC1C(=O)O. The Balaban J connectivity index is 2.79. The van der Waals surface area contributed by atoms with Crippen LogP contribution in [-0.4, -0.2) is 81.4 Å². The Morgan fingerprint density at radius 3 is 2.21 bits per heavy atom. The van der Waals surface area contributed by atoms with Crippen molar-refractivity contribution in [2.24, 2.45) is 11.5 Å². The second-order valence-corrected chi connectivity index (χ2v) is 6.69. The number of rotatable bonds is 10. The van der Waals surface area contributed by atoms with E-state index >= 15 is 0 Å². The van der Waals surface area contributed by atoms with Crippen molar-refractivity contribution in [3.05, 3.63) is 0 Å². The highest BCUT2D eigenvalue weighted by molar-refractivity contribution is 5.96. The number of nitrogens with one attached hydrogen (secondary N) is 2. The fourth-order valence-electron chi connectivity index (χ4n) is 2.88. The van der Waals surface area contributed by atoms with Gasteiger partial charge in [0.15, 0.2) is 0 Å². The van der Waals surface area contributed by atoms with Gasteiger partial charge in [-0.2, -0.15) is 0 Å². The second-order valence-electron chi connectivity index (χ2n) is 6.69. The molecule has 8 N–H and O–H groups in total. The molecule has 13 heteroatoms. The van der Waals surface area contributed by atoms with E-state index in [1.54, 1.807) is 0 Å². The van der Waals surface area contributed by atoms with Crippen molar-refractivity contribution >= 4 is 35.6 Å². The predicted octanol–water partition coefficient (Wildman–Crippen LogP) is -3.27. The van der Waals surface area contributed by atoms with Crippen LogP contribution < -0.4 is 22.1 Å². The number of amides is 4. The van der Waals surface area contributed by atoms with Crippen LogP contribution in [0.15, 0.2) is 0 Å². The molecule has 0 radical (unpaired) electrons. The Bertz CT molecular complexity index is 697. The van der Waals surface area contributed by atoms with E-state index in [1.807, 2.05) is 0 Å². The van der Waals surface area contributed by atoms with E-state index in [4.69, 9.17) is 21.7 Å². The molecule has 0 spiro atoms. The zero-order chi connectivity index (χ0) is 22.3. The van der Waals surface area contributed by atoms with Gasteiger partial charge in [-0.05, 0) is 19.8 Å². The molecule has 162 valence electrons. The molecule has 1 aliphatic rings. The molecule has 29 heavy (non-hydrogen) atoms. The van der Waals surface area contributed by atoms with E-state index in [0.717, 1.165) is 4.90 Å². The molecule has 0 aromatic carbocycles. The number of likely N-dealkylation sites (tertiary alicyclic amines) is 1. The third-order valence-corrected chi connectivity index (χ3v) is 4.32. The third-order valence-electron chi connectivity index (χ3n) is 4.32. The molecule has 0 aromatic rings. The normalized spacial score (nSPS) is 19.0. The topological polar surface area (TPSA) is 222 Å². The fraction of sp³-hybridized carbons (Fsp3) is 0.625. The fourth-order valence-corrected chi connectivity index (χ4v) is 2.88. The van der Waals surface area contributed by atoms with Crippen LogP contribution in [0.1, 0.15) is 32.6 Å². The van der Waals surface area contributed by atoms with Crippen molar-refractivity contribution in [3.8, 4) is 0 Å². The number of nitrogens with two attached hydrogens (primary N) is 2. The molecule has 1 saturated heterocycles. The molecule has 4 amide bonds. The van der Waals surface area contributed by atoms with Gasteiger partial charge in [0.2, 0.25) is 23.6 Å². The number of carboxylic acid groups (broad SMARTS) is 2. The third kappa shape index (κ3) is 7.03. The molecular formula is C16H25N5O8. The van der Waals surface area contributed by atoms with Gasteiger partial charge in [0.05, 0.1) is 18.9 Å². The lowest BCUT2D eigenvalue weighted by atomic mass is 10.1. The lowest BCUT2D eigenvalue weighted by Crippen LogP contribution is -2.57. The van der Waals surface area contributed by atoms with Crippen LogP contribution in [0, 0.1) is 0 Å². The summed E-state index contributed by atoms with van der Waals surface area (Å²) in [5, 5.41) is 22.3. The van der Waals surface area contributed by atoms with E-state index in [0.29, 0.717) is 12.8 Å². The first kappa shape index (κ1) is 23.8. The largest absolute Gasteiger partial charge is 0.481 e. The number of hydrogen-bond acceptors (Lipinski definition) is 7.